The molecule has 6 nitrogen and oxygen atoms in total. The van der Waals surface area contributed by atoms with Crippen LogP contribution < -0.4 is 4.74 Å². The molecule has 0 aromatic heterocycles. The van der Waals surface area contributed by atoms with E-state index in [4.69, 9.17) is 9.84 Å². The lowest BCUT2D eigenvalue weighted by atomic mass is 10.2. The minimum atomic E-state index is -1.23. The fraction of sp³-hybridized carbons (Fsp3) is 0.214. The minimum absolute atomic E-state index is 0.204. The van der Waals surface area contributed by atoms with Crippen LogP contribution in [0.15, 0.2) is 29.2 Å². The lowest BCUT2D eigenvalue weighted by Crippen LogP contribution is -2.33. The molecule has 0 aliphatic carbocycles. The summed E-state index contributed by atoms with van der Waals surface area (Å²) in [5, 5.41) is 8.12. The lowest BCUT2D eigenvalue weighted by Gasteiger charge is -2.07. The first kappa shape index (κ1) is 15.1. The molecule has 1 aliphatic rings. The average Bonchev–Trinajstić information content (AvgIpc) is 2.67. The number of rotatable bonds is 5. The molecule has 21 heavy (non-hydrogen) atoms. The standard InChI is InChI=1S/C14H13NO5S/c1-2-20-10-5-3-4-9(6-10)7-11-13(18)15(8-12(16)17)14(19)21-11/h3-7H,2,8H2,1H3,(H,16,17). The summed E-state index contributed by atoms with van der Waals surface area (Å²) in [4.78, 5) is 35.2. The minimum Gasteiger partial charge on any atom is -0.494 e. The van der Waals surface area contributed by atoms with Crippen molar-refractivity contribution >= 4 is 35.0 Å². The third-order valence-electron chi connectivity index (χ3n) is 2.63. The van der Waals surface area contributed by atoms with E-state index in [1.807, 2.05) is 6.92 Å². The Labute approximate surface area is 125 Å². The zero-order valence-electron chi connectivity index (χ0n) is 11.2. The second kappa shape index (κ2) is 6.45. The molecule has 1 fully saturated rings. The molecule has 0 saturated carbocycles. The molecule has 110 valence electrons. The maximum atomic E-state index is 12.0. The van der Waals surface area contributed by atoms with Crippen molar-refractivity contribution in [2.24, 2.45) is 0 Å². The first-order valence-electron chi connectivity index (χ1n) is 6.21. The normalized spacial score (nSPS) is 16.6. The van der Waals surface area contributed by atoms with Crippen molar-refractivity contribution < 1.29 is 24.2 Å². The summed E-state index contributed by atoms with van der Waals surface area (Å²) in [6.45, 7) is 1.77. The molecule has 1 heterocycles. The highest BCUT2D eigenvalue weighted by Gasteiger charge is 2.36. The fourth-order valence-corrected chi connectivity index (χ4v) is 2.62. The highest BCUT2D eigenvalue weighted by atomic mass is 32.2. The predicted molar refractivity (Wildman–Crippen MR) is 77.9 cm³/mol. The summed E-state index contributed by atoms with van der Waals surface area (Å²) in [5.41, 5.74) is 0.710. The van der Waals surface area contributed by atoms with Gasteiger partial charge in [0, 0.05) is 0 Å². The molecular weight excluding hydrogens is 294 g/mol. The van der Waals surface area contributed by atoms with Crippen molar-refractivity contribution in [3.05, 3.63) is 34.7 Å². The van der Waals surface area contributed by atoms with Gasteiger partial charge in [-0.2, -0.15) is 0 Å². The van der Waals surface area contributed by atoms with Crippen LogP contribution >= 0.6 is 11.8 Å². The molecule has 0 radical (unpaired) electrons. The molecule has 2 amide bonds. The van der Waals surface area contributed by atoms with Gasteiger partial charge in [0.25, 0.3) is 11.1 Å². The highest BCUT2D eigenvalue weighted by molar-refractivity contribution is 8.18. The Balaban J connectivity index is 2.22. The van der Waals surface area contributed by atoms with Gasteiger partial charge in [0.05, 0.1) is 11.5 Å². The smallest absolute Gasteiger partial charge is 0.323 e. The van der Waals surface area contributed by atoms with Gasteiger partial charge >= 0.3 is 5.97 Å². The van der Waals surface area contributed by atoms with E-state index in [1.54, 1.807) is 30.3 Å². The topological polar surface area (TPSA) is 83.9 Å². The summed E-state index contributed by atoms with van der Waals surface area (Å²) >= 11 is 0.732. The number of carboxylic acid groups (broad SMARTS) is 1. The molecule has 0 bridgehead atoms. The van der Waals surface area contributed by atoms with E-state index < -0.39 is 23.7 Å². The number of imide groups is 1. The third-order valence-corrected chi connectivity index (χ3v) is 3.54. The summed E-state index contributed by atoms with van der Waals surface area (Å²) < 4.78 is 5.36. The Morgan fingerprint density at radius 2 is 2.19 bits per heavy atom. The van der Waals surface area contributed by atoms with Gasteiger partial charge < -0.3 is 9.84 Å². The van der Waals surface area contributed by atoms with E-state index in [-0.39, 0.29) is 4.91 Å². The van der Waals surface area contributed by atoms with Crippen LogP contribution in [0.25, 0.3) is 6.08 Å². The molecule has 7 heteroatoms. The molecule has 0 spiro atoms. The Hall–Kier alpha value is -2.28. The van der Waals surface area contributed by atoms with Gasteiger partial charge in [-0.25, -0.2) is 0 Å². The zero-order chi connectivity index (χ0) is 15.4. The largest absolute Gasteiger partial charge is 0.494 e. The maximum absolute atomic E-state index is 12.0. The molecule has 1 aliphatic heterocycles. The number of hydrogen-bond donors (Lipinski definition) is 1. The van der Waals surface area contributed by atoms with Crippen molar-refractivity contribution in [1.29, 1.82) is 0 Å². The number of benzene rings is 1. The first-order chi connectivity index (χ1) is 10.0. The number of aliphatic carboxylic acids is 1. The second-order valence-corrected chi connectivity index (χ2v) is 5.16. The van der Waals surface area contributed by atoms with Crippen LogP contribution in [0.1, 0.15) is 12.5 Å². The lowest BCUT2D eigenvalue weighted by molar-refractivity contribution is -0.140. The summed E-state index contributed by atoms with van der Waals surface area (Å²) in [5.74, 6) is -1.15. The van der Waals surface area contributed by atoms with Crippen LogP contribution in [-0.4, -0.2) is 40.3 Å². The van der Waals surface area contributed by atoms with Crippen LogP contribution in [0.5, 0.6) is 5.75 Å². The van der Waals surface area contributed by atoms with E-state index >= 15 is 0 Å². The molecule has 1 aromatic rings. The number of carbonyl (C=O) groups is 3. The van der Waals surface area contributed by atoms with Gasteiger partial charge in [0.2, 0.25) is 0 Å². The van der Waals surface area contributed by atoms with E-state index in [0.717, 1.165) is 11.8 Å². The number of carboxylic acids is 1. The highest BCUT2D eigenvalue weighted by Crippen LogP contribution is 2.32. The van der Waals surface area contributed by atoms with Gasteiger partial charge in [-0.15, -0.1) is 0 Å². The van der Waals surface area contributed by atoms with E-state index in [2.05, 4.69) is 0 Å². The van der Waals surface area contributed by atoms with Gasteiger partial charge in [0.1, 0.15) is 12.3 Å². The number of ether oxygens (including phenoxy) is 1. The number of carbonyl (C=O) groups excluding carboxylic acids is 2. The third kappa shape index (κ3) is 3.63. The number of thioether (sulfide) groups is 1. The van der Waals surface area contributed by atoms with Crippen LogP contribution in [0.3, 0.4) is 0 Å². The van der Waals surface area contributed by atoms with Crippen LogP contribution in [0.2, 0.25) is 0 Å². The van der Waals surface area contributed by atoms with Gasteiger partial charge in [-0.05, 0) is 42.5 Å². The van der Waals surface area contributed by atoms with Crippen molar-refractivity contribution in [3.8, 4) is 5.75 Å². The molecule has 0 atom stereocenters. The molecular formula is C14H13NO5S. The van der Waals surface area contributed by atoms with Crippen molar-refractivity contribution in [3.63, 3.8) is 0 Å². The fourth-order valence-electron chi connectivity index (χ4n) is 1.78. The zero-order valence-corrected chi connectivity index (χ0v) is 12.1. The maximum Gasteiger partial charge on any atom is 0.323 e. The quantitative estimate of drug-likeness (QED) is 0.840. The van der Waals surface area contributed by atoms with Crippen LogP contribution in [0.4, 0.5) is 4.79 Å². The SMILES string of the molecule is CCOc1cccc(C=C2SC(=O)N(CC(=O)O)C2=O)c1. The van der Waals surface area contributed by atoms with E-state index in [0.29, 0.717) is 22.8 Å². The van der Waals surface area contributed by atoms with Crippen LogP contribution in [-0.2, 0) is 9.59 Å². The average molecular weight is 307 g/mol. The Bertz CT molecular complexity index is 626. The van der Waals surface area contributed by atoms with Crippen molar-refractivity contribution in [2.75, 3.05) is 13.2 Å². The summed E-state index contributed by atoms with van der Waals surface area (Å²) in [6, 6.07) is 7.08. The van der Waals surface area contributed by atoms with E-state index in [9.17, 15) is 14.4 Å². The van der Waals surface area contributed by atoms with E-state index in [1.165, 1.54) is 0 Å². The molecule has 1 N–H and O–H groups in total. The first-order valence-corrected chi connectivity index (χ1v) is 7.03. The molecule has 1 saturated heterocycles. The van der Waals surface area contributed by atoms with Crippen LogP contribution in [0, 0.1) is 0 Å². The summed E-state index contributed by atoms with van der Waals surface area (Å²) in [7, 11) is 0. The summed E-state index contributed by atoms with van der Waals surface area (Å²) in [6.07, 6.45) is 1.55. The Kier molecular flexibility index (Phi) is 4.64. The van der Waals surface area contributed by atoms with Crippen molar-refractivity contribution in [2.45, 2.75) is 6.92 Å². The van der Waals surface area contributed by atoms with Crippen molar-refractivity contribution in [1.82, 2.24) is 4.90 Å². The number of nitrogens with zero attached hydrogens (tertiary/aromatic N) is 1. The van der Waals surface area contributed by atoms with Gasteiger partial charge in [-0.1, -0.05) is 12.1 Å². The number of amides is 2. The molecule has 1 aromatic carbocycles. The predicted octanol–water partition coefficient (Wildman–Crippen LogP) is 2.21. The Morgan fingerprint density at radius 1 is 1.43 bits per heavy atom. The Morgan fingerprint density at radius 3 is 2.86 bits per heavy atom. The van der Waals surface area contributed by atoms with Gasteiger partial charge in [-0.3, -0.25) is 19.3 Å². The number of hydrogen-bond acceptors (Lipinski definition) is 5. The molecule has 0 unspecified atom stereocenters. The monoisotopic (exact) mass is 307 g/mol. The molecule has 2 rings (SSSR count). The van der Waals surface area contributed by atoms with Gasteiger partial charge in [0.15, 0.2) is 0 Å². The second-order valence-electron chi connectivity index (χ2n) is 4.17.